The monoisotopic (exact) mass is 480 g/mol. The molecule has 0 spiro atoms. The van der Waals surface area contributed by atoms with Crippen molar-refractivity contribution in [1.82, 2.24) is 10.3 Å². The topological polar surface area (TPSA) is 117 Å². The molecular weight excluding hydrogens is 463 g/mol. The Labute approximate surface area is 197 Å². The van der Waals surface area contributed by atoms with Gasteiger partial charge in [-0.05, 0) is 35.9 Å². The molecule has 3 N–H and O–H groups in total. The number of amides is 2. The van der Waals surface area contributed by atoms with Gasteiger partial charge in [0, 0.05) is 35.3 Å². The minimum atomic E-state index is -1.06. The number of nitro groups is 1. The number of nitro benzene ring substituents is 1. The molecule has 0 aliphatic rings. The maximum atomic E-state index is 13.7. The number of halogens is 2. The SMILES string of the molecule is O=C(NC(Cc1c[nH]c2ccccc12)C(=O)Nc1ccc(F)c([N+](=O)[O-])c1)c1ccccc1Cl. The zero-order chi connectivity index (χ0) is 24.2. The maximum absolute atomic E-state index is 13.7. The second-order valence-corrected chi connectivity index (χ2v) is 7.89. The lowest BCUT2D eigenvalue weighted by Crippen LogP contribution is -2.45. The highest BCUT2D eigenvalue weighted by atomic mass is 35.5. The molecular formula is C24H18ClFN4O4. The van der Waals surface area contributed by atoms with E-state index in [1.54, 1.807) is 24.4 Å². The van der Waals surface area contributed by atoms with Gasteiger partial charge < -0.3 is 15.6 Å². The predicted molar refractivity (Wildman–Crippen MR) is 126 cm³/mol. The third-order valence-electron chi connectivity index (χ3n) is 5.25. The first kappa shape index (κ1) is 22.9. The Morgan fingerprint density at radius 2 is 1.82 bits per heavy atom. The number of nitrogens with zero attached hydrogens (tertiary/aromatic N) is 1. The van der Waals surface area contributed by atoms with Crippen LogP contribution in [0.2, 0.25) is 5.02 Å². The number of carbonyl (C=O) groups is 2. The summed E-state index contributed by atoms with van der Waals surface area (Å²) in [5.74, 6) is -2.22. The van der Waals surface area contributed by atoms with E-state index in [0.29, 0.717) is 0 Å². The van der Waals surface area contributed by atoms with Crippen LogP contribution in [0, 0.1) is 15.9 Å². The van der Waals surface area contributed by atoms with Crippen molar-refractivity contribution in [2.45, 2.75) is 12.5 Å². The summed E-state index contributed by atoms with van der Waals surface area (Å²) in [6, 6.07) is 15.9. The van der Waals surface area contributed by atoms with E-state index in [1.165, 1.54) is 12.1 Å². The Hall–Kier alpha value is -4.24. The number of fused-ring (bicyclic) bond motifs is 1. The van der Waals surface area contributed by atoms with Gasteiger partial charge in [-0.3, -0.25) is 19.7 Å². The molecule has 0 radical (unpaired) electrons. The van der Waals surface area contributed by atoms with Crippen molar-refractivity contribution in [2.24, 2.45) is 0 Å². The normalized spacial score (nSPS) is 11.7. The van der Waals surface area contributed by atoms with Crippen molar-refractivity contribution in [3.8, 4) is 0 Å². The van der Waals surface area contributed by atoms with Gasteiger partial charge >= 0.3 is 5.69 Å². The molecule has 1 heterocycles. The number of anilines is 1. The number of nitrogens with one attached hydrogen (secondary N) is 3. The second-order valence-electron chi connectivity index (χ2n) is 7.48. The van der Waals surface area contributed by atoms with Crippen molar-refractivity contribution in [1.29, 1.82) is 0 Å². The van der Waals surface area contributed by atoms with E-state index in [1.807, 2.05) is 24.3 Å². The van der Waals surface area contributed by atoms with Crippen LogP contribution in [0.3, 0.4) is 0 Å². The summed E-state index contributed by atoms with van der Waals surface area (Å²) < 4.78 is 13.7. The van der Waals surface area contributed by atoms with Crippen molar-refractivity contribution in [3.05, 3.63) is 105 Å². The lowest BCUT2D eigenvalue weighted by atomic mass is 10.0. The van der Waals surface area contributed by atoms with Crippen LogP contribution < -0.4 is 10.6 Å². The molecule has 0 saturated carbocycles. The summed E-state index contributed by atoms with van der Waals surface area (Å²) >= 11 is 6.13. The molecule has 10 heteroatoms. The minimum absolute atomic E-state index is 0.0222. The summed E-state index contributed by atoms with van der Waals surface area (Å²) in [6.07, 6.45) is 1.87. The van der Waals surface area contributed by atoms with Crippen molar-refractivity contribution < 1.29 is 18.9 Å². The van der Waals surface area contributed by atoms with E-state index < -0.39 is 34.3 Å². The smallest absolute Gasteiger partial charge is 0.306 e. The predicted octanol–water partition coefficient (Wildman–Crippen LogP) is 4.85. The van der Waals surface area contributed by atoms with E-state index >= 15 is 0 Å². The van der Waals surface area contributed by atoms with Crippen LogP contribution in [0.5, 0.6) is 0 Å². The molecule has 0 aliphatic carbocycles. The van der Waals surface area contributed by atoms with Gasteiger partial charge in [-0.2, -0.15) is 4.39 Å². The lowest BCUT2D eigenvalue weighted by molar-refractivity contribution is -0.387. The quantitative estimate of drug-likeness (QED) is 0.259. The van der Waals surface area contributed by atoms with Crippen LogP contribution in [0.15, 0.2) is 72.9 Å². The molecule has 0 saturated heterocycles. The van der Waals surface area contributed by atoms with E-state index in [-0.39, 0.29) is 22.7 Å². The first-order valence-electron chi connectivity index (χ1n) is 10.2. The fourth-order valence-electron chi connectivity index (χ4n) is 3.57. The highest BCUT2D eigenvalue weighted by Crippen LogP contribution is 2.23. The minimum Gasteiger partial charge on any atom is -0.361 e. The fourth-order valence-corrected chi connectivity index (χ4v) is 3.79. The number of para-hydroxylation sites is 1. The molecule has 8 nitrogen and oxygen atoms in total. The Balaban J connectivity index is 1.63. The summed E-state index contributed by atoms with van der Waals surface area (Å²) in [7, 11) is 0. The molecule has 1 aromatic heterocycles. The number of rotatable bonds is 7. The molecule has 4 rings (SSSR count). The van der Waals surface area contributed by atoms with Crippen LogP contribution in [-0.4, -0.2) is 27.8 Å². The highest BCUT2D eigenvalue weighted by Gasteiger charge is 2.25. The van der Waals surface area contributed by atoms with Gasteiger partial charge in [-0.15, -0.1) is 0 Å². The Morgan fingerprint density at radius 1 is 1.09 bits per heavy atom. The number of hydrogen-bond donors (Lipinski definition) is 3. The van der Waals surface area contributed by atoms with Gasteiger partial charge in [-0.1, -0.05) is 41.9 Å². The molecule has 4 aromatic rings. The zero-order valence-corrected chi connectivity index (χ0v) is 18.3. The molecule has 1 unspecified atom stereocenters. The molecule has 0 aliphatic heterocycles. The second kappa shape index (κ2) is 9.72. The third-order valence-corrected chi connectivity index (χ3v) is 5.58. The molecule has 1 atom stereocenters. The first-order valence-corrected chi connectivity index (χ1v) is 10.6. The molecule has 172 valence electrons. The molecule has 34 heavy (non-hydrogen) atoms. The van der Waals surface area contributed by atoms with Gasteiger partial charge in [0.1, 0.15) is 6.04 Å². The average molecular weight is 481 g/mol. The first-order chi connectivity index (χ1) is 16.3. The Bertz CT molecular complexity index is 1400. The molecule has 3 aromatic carbocycles. The summed E-state index contributed by atoms with van der Waals surface area (Å²) in [6.45, 7) is 0. The third kappa shape index (κ3) is 4.89. The summed E-state index contributed by atoms with van der Waals surface area (Å²) in [5, 5.41) is 17.4. The van der Waals surface area contributed by atoms with E-state index in [2.05, 4.69) is 15.6 Å². The van der Waals surface area contributed by atoms with Crippen LogP contribution >= 0.6 is 11.6 Å². The van der Waals surface area contributed by atoms with E-state index in [0.717, 1.165) is 28.6 Å². The van der Waals surface area contributed by atoms with Crippen molar-refractivity contribution in [3.63, 3.8) is 0 Å². The van der Waals surface area contributed by atoms with Crippen LogP contribution in [-0.2, 0) is 11.2 Å². The van der Waals surface area contributed by atoms with Crippen molar-refractivity contribution >= 4 is 45.7 Å². The van der Waals surface area contributed by atoms with Crippen LogP contribution in [0.1, 0.15) is 15.9 Å². The standard InChI is InChI=1S/C24H18ClFN4O4/c25-18-7-3-1-6-17(18)23(31)29-21(11-14-13-27-20-8-4-2-5-16(14)20)24(32)28-15-9-10-19(26)22(12-15)30(33)34/h1-10,12-13,21,27H,11H2,(H,28,32)(H,29,31). The number of aromatic amines is 1. The number of carbonyl (C=O) groups excluding carboxylic acids is 2. The molecule has 0 fully saturated rings. The van der Waals surface area contributed by atoms with Gasteiger partial charge in [0.05, 0.1) is 15.5 Å². The largest absolute Gasteiger partial charge is 0.361 e. The number of hydrogen-bond acceptors (Lipinski definition) is 4. The number of H-pyrrole nitrogens is 1. The van der Waals surface area contributed by atoms with E-state index in [9.17, 15) is 24.1 Å². The molecule has 2 amide bonds. The van der Waals surface area contributed by atoms with Crippen LogP contribution in [0.25, 0.3) is 10.9 Å². The van der Waals surface area contributed by atoms with E-state index in [4.69, 9.17) is 11.6 Å². The molecule has 0 bridgehead atoms. The lowest BCUT2D eigenvalue weighted by Gasteiger charge is -2.19. The maximum Gasteiger partial charge on any atom is 0.306 e. The summed E-state index contributed by atoms with van der Waals surface area (Å²) in [4.78, 5) is 39.3. The summed E-state index contributed by atoms with van der Waals surface area (Å²) in [5.41, 5.74) is 1.09. The Morgan fingerprint density at radius 3 is 2.59 bits per heavy atom. The number of benzene rings is 3. The van der Waals surface area contributed by atoms with Gasteiger partial charge in [0.2, 0.25) is 11.7 Å². The van der Waals surface area contributed by atoms with Crippen LogP contribution in [0.4, 0.5) is 15.8 Å². The zero-order valence-electron chi connectivity index (χ0n) is 17.5. The van der Waals surface area contributed by atoms with Gasteiger partial charge in [0.15, 0.2) is 0 Å². The Kier molecular flexibility index (Phi) is 6.55. The number of aromatic nitrogens is 1. The van der Waals surface area contributed by atoms with Gasteiger partial charge in [-0.25, -0.2) is 0 Å². The fraction of sp³-hybridized carbons (Fsp3) is 0.0833. The van der Waals surface area contributed by atoms with Gasteiger partial charge in [0.25, 0.3) is 5.91 Å². The highest BCUT2D eigenvalue weighted by molar-refractivity contribution is 6.33. The average Bonchev–Trinajstić information content (AvgIpc) is 3.22. The van der Waals surface area contributed by atoms with Crippen molar-refractivity contribution in [2.75, 3.05) is 5.32 Å².